The van der Waals surface area contributed by atoms with Gasteiger partial charge in [-0.15, -0.1) is 0 Å². The van der Waals surface area contributed by atoms with Crippen molar-refractivity contribution in [3.8, 4) is 0 Å². The standard InChI is InChI=1S/C21H22N4O2/c1-25-13-15(12-19(25)26)21(27)24-18(11-14-7-3-2-4-8-14)20-22-16-9-5-6-10-17(16)23-20/h2-10,15,18H,11-13H2,1H3,(H,22,23)(H,24,27)/t15-,18+/m0/s1. The minimum absolute atomic E-state index is 0.0125. The van der Waals surface area contributed by atoms with Gasteiger partial charge in [-0.05, 0) is 24.1 Å². The number of hydrogen-bond donors (Lipinski definition) is 2. The second-order valence-electron chi connectivity index (χ2n) is 7.07. The quantitative estimate of drug-likeness (QED) is 0.732. The van der Waals surface area contributed by atoms with Gasteiger partial charge in [0.25, 0.3) is 0 Å². The van der Waals surface area contributed by atoms with Gasteiger partial charge in [-0.2, -0.15) is 0 Å². The molecule has 2 heterocycles. The molecule has 27 heavy (non-hydrogen) atoms. The minimum atomic E-state index is -0.315. The van der Waals surface area contributed by atoms with Crippen LogP contribution in [0.25, 0.3) is 11.0 Å². The summed E-state index contributed by atoms with van der Waals surface area (Å²) in [4.78, 5) is 34.2. The molecule has 138 valence electrons. The predicted molar refractivity (Wildman–Crippen MR) is 103 cm³/mol. The van der Waals surface area contributed by atoms with E-state index in [9.17, 15) is 9.59 Å². The smallest absolute Gasteiger partial charge is 0.226 e. The molecule has 0 saturated carbocycles. The van der Waals surface area contributed by atoms with Crippen molar-refractivity contribution in [3.63, 3.8) is 0 Å². The zero-order valence-electron chi connectivity index (χ0n) is 15.2. The highest BCUT2D eigenvalue weighted by Crippen LogP contribution is 2.22. The molecular weight excluding hydrogens is 340 g/mol. The Morgan fingerprint density at radius 2 is 1.96 bits per heavy atom. The Balaban J connectivity index is 1.59. The maximum absolute atomic E-state index is 12.8. The molecule has 1 aromatic heterocycles. The number of rotatable bonds is 5. The number of benzene rings is 2. The van der Waals surface area contributed by atoms with E-state index < -0.39 is 0 Å². The fraction of sp³-hybridized carbons (Fsp3) is 0.286. The Kier molecular flexibility index (Phi) is 4.62. The van der Waals surface area contributed by atoms with E-state index in [4.69, 9.17) is 0 Å². The van der Waals surface area contributed by atoms with Crippen molar-refractivity contribution in [2.45, 2.75) is 18.9 Å². The van der Waals surface area contributed by atoms with E-state index >= 15 is 0 Å². The normalized spacial score (nSPS) is 18.0. The van der Waals surface area contributed by atoms with E-state index in [-0.39, 0.29) is 30.2 Å². The Labute approximate surface area is 157 Å². The zero-order valence-corrected chi connectivity index (χ0v) is 15.2. The summed E-state index contributed by atoms with van der Waals surface area (Å²) >= 11 is 0. The third-order valence-corrected chi connectivity index (χ3v) is 5.05. The number of para-hydroxylation sites is 2. The number of nitrogens with zero attached hydrogens (tertiary/aromatic N) is 2. The summed E-state index contributed by atoms with van der Waals surface area (Å²) in [6.45, 7) is 0.461. The van der Waals surface area contributed by atoms with Crippen LogP contribution in [0, 0.1) is 5.92 Å². The number of likely N-dealkylation sites (tertiary alicyclic amines) is 1. The fourth-order valence-corrected chi connectivity index (χ4v) is 3.53. The van der Waals surface area contributed by atoms with Gasteiger partial charge in [0, 0.05) is 20.0 Å². The van der Waals surface area contributed by atoms with Gasteiger partial charge in [0.1, 0.15) is 5.82 Å². The molecule has 0 radical (unpaired) electrons. The van der Waals surface area contributed by atoms with Crippen molar-refractivity contribution < 1.29 is 9.59 Å². The summed E-state index contributed by atoms with van der Waals surface area (Å²) in [7, 11) is 1.73. The lowest BCUT2D eigenvalue weighted by atomic mass is 10.0. The molecule has 2 N–H and O–H groups in total. The SMILES string of the molecule is CN1C[C@@H](C(=O)N[C@H](Cc2ccccc2)c2nc3ccccc3[nH]2)CC1=O. The fourth-order valence-electron chi connectivity index (χ4n) is 3.53. The molecule has 0 unspecified atom stereocenters. The summed E-state index contributed by atoms with van der Waals surface area (Å²) in [6, 6.07) is 17.5. The average molecular weight is 362 g/mol. The van der Waals surface area contributed by atoms with Gasteiger partial charge >= 0.3 is 0 Å². The molecule has 4 rings (SSSR count). The zero-order chi connectivity index (χ0) is 18.8. The number of aromatic nitrogens is 2. The highest BCUT2D eigenvalue weighted by atomic mass is 16.2. The predicted octanol–water partition coefficient (Wildman–Crippen LogP) is 2.44. The molecule has 6 heteroatoms. The maximum atomic E-state index is 12.8. The van der Waals surface area contributed by atoms with E-state index in [2.05, 4.69) is 15.3 Å². The minimum Gasteiger partial charge on any atom is -0.346 e. The first-order chi connectivity index (χ1) is 13.1. The monoisotopic (exact) mass is 362 g/mol. The van der Waals surface area contributed by atoms with Gasteiger partial charge in [0.05, 0.1) is 23.0 Å². The van der Waals surface area contributed by atoms with Gasteiger partial charge in [0.2, 0.25) is 11.8 Å². The van der Waals surface area contributed by atoms with Crippen LogP contribution in [0.3, 0.4) is 0 Å². The van der Waals surface area contributed by atoms with Crippen LogP contribution in [-0.2, 0) is 16.0 Å². The second kappa shape index (κ2) is 7.23. The van der Waals surface area contributed by atoms with Crippen molar-refractivity contribution >= 4 is 22.8 Å². The number of fused-ring (bicyclic) bond motifs is 1. The summed E-state index contributed by atoms with van der Waals surface area (Å²) < 4.78 is 0. The van der Waals surface area contributed by atoms with E-state index in [0.717, 1.165) is 22.4 Å². The van der Waals surface area contributed by atoms with Gasteiger partial charge in [-0.25, -0.2) is 4.98 Å². The van der Waals surface area contributed by atoms with Crippen LogP contribution in [0.5, 0.6) is 0 Å². The topological polar surface area (TPSA) is 78.1 Å². The van der Waals surface area contributed by atoms with E-state index in [0.29, 0.717) is 13.0 Å². The summed E-state index contributed by atoms with van der Waals surface area (Å²) in [5.74, 6) is 0.323. The number of imidazole rings is 1. The Morgan fingerprint density at radius 1 is 1.22 bits per heavy atom. The van der Waals surface area contributed by atoms with Crippen molar-refractivity contribution in [1.29, 1.82) is 0 Å². The van der Waals surface area contributed by atoms with Crippen LogP contribution in [0.15, 0.2) is 54.6 Å². The lowest BCUT2D eigenvalue weighted by Crippen LogP contribution is -2.36. The van der Waals surface area contributed by atoms with Crippen LogP contribution >= 0.6 is 0 Å². The number of H-pyrrole nitrogens is 1. The molecule has 0 spiro atoms. The first kappa shape index (κ1) is 17.3. The molecule has 2 aromatic carbocycles. The van der Waals surface area contributed by atoms with Gasteiger partial charge in [-0.1, -0.05) is 42.5 Å². The average Bonchev–Trinajstić information content (AvgIpc) is 3.25. The molecular formula is C21H22N4O2. The number of hydrogen-bond acceptors (Lipinski definition) is 3. The molecule has 2 atom stereocenters. The first-order valence-corrected chi connectivity index (χ1v) is 9.13. The third-order valence-electron chi connectivity index (χ3n) is 5.05. The number of carbonyl (C=O) groups is 2. The van der Waals surface area contributed by atoms with Gasteiger partial charge in [-0.3, -0.25) is 9.59 Å². The lowest BCUT2D eigenvalue weighted by molar-refractivity contribution is -0.128. The van der Waals surface area contributed by atoms with E-state index in [1.165, 1.54) is 0 Å². The molecule has 0 aliphatic carbocycles. The molecule has 6 nitrogen and oxygen atoms in total. The van der Waals surface area contributed by atoms with Crippen molar-refractivity contribution in [2.24, 2.45) is 5.92 Å². The third kappa shape index (κ3) is 3.69. The van der Waals surface area contributed by atoms with Gasteiger partial charge in [0.15, 0.2) is 0 Å². The Morgan fingerprint density at radius 3 is 2.67 bits per heavy atom. The number of amides is 2. The lowest BCUT2D eigenvalue weighted by Gasteiger charge is -2.19. The van der Waals surface area contributed by atoms with Crippen molar-refractivity contribution in [2.75, 3.05) is 13.6 Å². The van der Waals surface area contributed by atoms with Crippen LogP contribution in [0.4, 0.5) is 0 Å². The highest BCUT2D eigenvalue weighted by Gasteiger charge is 2.33. The number of aromatic amines is 1. The molecule has 0 bridgehead atoms. The van der Waals surface area contributed by atoms with Crippen LogP contribution in [-0.4, -0.2) is 40.3 Å². The first-order valence-electron chi connectivity index (χ1n) is 9.13. The molecule has 3 aromatic rings. The highest BCUT2D eigenvalue weighted by molar-refractivity contribution is 5.89. The van der Waals surface area contributed by atoms with Crippen LogP contribution in [0.2, 0.25) is 0 Å². The van der Waals surface area contributed by atoms with E-state index in [1.54, 1.807) is 11.9 Å². The summed E-state index contributed by atoms with van der Waals surface area (Å²) in [5, 5.41) is 3.11. The Bertz CT molecular complexity index is 933. The van der Waals surface area contributed by atoms with E-state index in [1.807, 2.05) is 54.6 Å². The molecule has 2 amide bonds. The molecule has 1 saturated heterocycles. The maximum Gasteiger partial charge on any atom is 0.226 e. The molecule has 1 aliphatic rings. The molecule has 1 fully saturated rings. The number of nitrogens with one attached hydrogen (secondary N) is 2. The number of carbonyl (C=O) groups excluding carboxylic acids is 2. The molecule has 1 aliphatic heterocycles. The largest absolute Gasteiger partial charge is 0.346 e. The van der Waals surface area contributed by atoms with Crippen LogP contribution in [0.1, 0.15) is 23.9 Å². The van der Waals surface area contributed by atoms with Gasteiger partial charge < -0.3 is 15.2 Å². The second-order valence-corrected chi connectivity index (χ2v) is 7.07. The summed E-state index contributed by atoms with van der Waals surface area (Å²) in [5.41, 5.74) is 2.93. The van der Waals surface area contributed by atoms with Crippen molar-refractivity contribution in [3.05, 3.63) is 66.0 Å². The summed E-state index contributed by atoms with van der Waals surface area (Å²) in [6.07, 6.45) is 0.892. The van der Waals surface area contributed by atoms with Crippen LogP contribution < -0.4 is 5.32 Å². The Hall–Kier alpha value is -3.15. The van der Waals surface area contributed by atoms with Crippen molar-refractivity contribution in [1.82, 2.24) is 20.2 Å².